The van der Waals surface area contributed by atoms with Crippen LogP contribution in [0.5, 0.6) is 17.4 Å². The molecule has 0 radical (unpaired) electrons. The minimum absolute atomic E-state index is 0.0860. The minimum atomic E-state index is -0.596. The number of benzene rings is 1. The maximum Gasteiger partial charge on any atom is 0.373 e. The molecule has 1 N–H and O–H groups in total. The molecule has 1 heterocycles. The zero-order valence-electron chi connectivity index (χ0n) is 10.9. The third kappa shape index (κ3) is 2.74. The average Bonchev–Trinajstić information content (AvgIpc) is 2.46. The highest BCUT2D eigenvalue weighted by Crippen LogP contribution is 2.34. The lowest BCUT2D eigenvalue weighted by atomic mass is 10.3. The molecule has 0 saturated heterocycles. The Balaban J connectivity index is 2.40. The summed E-state index contributed by atoms with van der Waals surface area (Å²) < 4.78 is 10.5. The van der Waals surface area contributed by atoms with E-state index < -0.39 is 4.92 Å². The van der Waals surface area contributed by atoms with Crippen LogP contribution in [-0.4, -0.2) is 29.0 Å². The molecule has 1 aromatic heterocycles. The predicted octanol–water partition coefficient (Wildman–Crippen LogP) is 2.23. The third-order valence-corrected chi connectivity index (χ3v) is 2.46. The topological polar surface area (TPSA) is 99.4 Å². The van der Waals surface area contributed by atoms with Crippen molar-refractivity contribution < 1.29 is 14.4 Å². The van der Waals surface area contributed by atoms with Crippen molar-refractivity contribution in [2.45, 2.75) is 0 Å². The molecule has 0 bridgehead atoms. The summed E-state index contributed by atoms with van der Waals surface area (Å²) in [6.07, 6.45) is 1.19. The Labute approximate surface area is 114 Å². The molecule has 0 atom stereocenters. The van der Waals surface area contributed by atoms with Crippen LogP contribution in [0.15, 0.2) is 30.6 Å². The van der Waals surface area contributed by atoms with Crippen LogP contribution in [0.25, 0.3) is 0 Å². The minimum Gasteiger partial charge on any atom is -0.497 e. The second-order valence-corrected chi connectivity index (χ2v) is 3.66. The molecule has 0 aliphatic rings. The number of rotatable bonds is 5. The van der Waals surface area contributed by atoms with Gasteiger partial charge >= 0.3 is 11.6 Å². The Kier molecular flexibility index (Phi) is 3.94. The Morgan fingerprint density at radius 2 is 2.05 bits per heavy atom. The van der Waals surface area contributed by atoms with Crippen LogP contribution in [0, 0.1) is 10.1 Å². The number of methoxy groups -OCH3 is 1. The first-order chi connectivity index (χ1) is 9.65. The van der Waals surface area contributed by atoms with E-state index in [0.29, 0.717) is 11.5 Å². The largest absolute Gasteiger partial charge is 0.497 e. The number of hydrogen-bond acceptors (Lipinski definition) is 7. The van der Waals surface area contributed by atoms with Gasteiger partial charge in [-0.1, -0.05) is 6.07 Å². The van der Waals surface area contributed by atoms with Gasteiger partial charge in [0.1, 0.15) is 17.8 Å². The van der Waals surface area contributed by atoms with E-state index >= 15 is 0 Å². The number of anilines is 1. The molecule has 0 saturated carbocycles. The van der Waals surface area contributed by atoms with Crippen molar-refractivity contribution >= 4 is 11.5 Å². The monoisotopic (exact) mass is 276 g/mol. The zero-order chi connectivity index (χ0) is 14.5. The molecule has 0 spiro atoms. The molecule has 8 nitrogen and oxygen atoms in total. The molecule has 8 heteroatoms. The molecule has 104 valence electrons. The lowest BCUT2D eigenvalue weighted by Gasteiger charge is -2.08. The van der Waals surface area contributed by atoms with Crippen molar-refractivity contribution in [3.05, 3.63) is 40.7 Å². The summed E-state index contributed by atoms with van der Waals surface area (Å²) in [7, 11) is 3.05. The fraction of sp³-hybridized carbons (Fsp3) is 0.167. The van der Waals surface area contributed by atoms with Crippen LogP contribution in [0.1, 0.15) is 0 Å². The van der Waals surface area contributed by atoms with Crippen molar-refractivity contribution in [2.24, 2.45) is 0 Å². The van der Waals surface area contributed by atoms with Gasteiger partial charge in [0.2, 0.25) is 5.82 Å². The van der Waals surface area contributed by atoms with Crippen LogP contribution >= 0.6 is 0 Å². The number of aromatic nitrogens is 2. The fourth-order valence-corrected chi connectivity index (χ4v) is 1.56. The van der Waals surface area contributed by atoms with Crippen molar-refractivity contribution in [1.82, 2.24) is 9.97 Å². The number of nitro groups is 1. The summed E-state index contributed by atoms with van der Waals surface area (Å²) in [5.74, 6) is 0.909. The van der Waals surface area contributed by atoms with Crippen LogP contribution < -0.4 is 14.8 Å². The summed E-state index contributed by atoms with van der Waals surface area (Å²) in [6, 6.07) is 6.69. The maximum absolute atomic E-state index is 11.1. The molecule has 0 fully saturated rings. The van der Waals surface area contributed by atoms with E-state index in [9.17, 15) is 10.1 Å². The van der Waals surface area contributed by atoms with E-state index in [1.54, 1.807) is 24.3 Å². The smallest absolute Gasteiger partial charge is 0.373 e. The molecule has 20 heavy (non-hydrogen) atoms. The second-order valence-electron chi connectivity index (χ2n) is 3.66. The van der Waals surface area contributed by atoms with Crippen LogP contribution in [0.2, 0.25) is 0 Å². The number of nitrogens with one attached hydrogen (secondary N) is 1. The molecule has 1 aromatic carbocycles. The van der Waals surface area contributed by atoms with Gasteiger partial charge in [0, 0.05) is 13.1 Å². The fourth-order valence-electron chi connectivity index (χ4n) is 1.56. The van der Waals surface area contributed by atoms with Gasteiger partial charge in [-0.2, -0.15) is 4.98 Å². The SMILES string of the molecule is CNc1ncnc(Oc2cccc(OC)c2)c1[N+](=O)[O-]. The summed E-state index contributed by atoms with van der Waals surface area (Å²) in [6.45, 7) is 0. The van der Waals surface area contributed by atoms with E-state index in [1.807, 2.05) is 0 Å². The Hall–Kier alpha value is -2.90. The van der Waals surface area contributed by atoms with Gasteiger partial charge in [-0.3, -0.25) is 10.1 Å². The molecule has 0 aliphatic heterocycles. The van der Waals surface area contributed by atoms with Crippen LogP contribution in [-0.2, 0) is 0 Å². The highest BCUT2D eigenvalue weighted by atomic mass is 16.6. The summed E-state index contributed by atoms with van der Waals surface area (Å²) in [4.78, 5) is 18.1. The highest BCUT2D eigenvalue weighted by molar-refractivity contribution is 5.61. The first-order valence-electron chi connectivity index (χ1n) is 5.64. The molecule has 0 unspecified atom stereocenters. The van der Waals surface area contributed by atoms with Gasteiger partial charge in [-0.05, 0) is 12.1 Å². The van der Waals surface area contributed by atoms with E-state index in [2.05, 4.69) is 15.3 Å². The summed E-state index contributed by atoms with van der Waals surface area (Å²) >= 11 is 0. The van der Waals surface area contributed by atoms with Crippen molar-refractivity contribution in [2.75, 3.05) is 19.5 Å². The Morgan fingerprint density at radius 1 is 1.30 bits per heavy atom. The first kappa shape index (κ1) is 13.5. The van der Waals surface area contributed by atoms with Crippen LogP contribution in [0.4, 0.5) is 11.5 Å². The van der Waals surface area contributed by atoms with Crippen molar-refractivity contribution in [1.29, 1.82) is 0 Å². The molecule has 2 aromatic rings. The quantitative estimate of drug-likeness (QED) is 0.660. The number of nitrogens with zero attached hydrogens (tertiary/aromatic N) is 3. The Bertz CT molecular complexity index is 633. The van der Waals surface area contributed by atoms with E-state index in [1.165, 1.54) is 20.5 Å². The van der Waals surface area contributed by atoms with Gasteiger partial charge in [0.25, 0.3) is 0 Å². The average molecular weight is 276 g/mol. The van der Waals surface area contributed by atoms with E-state index in [4.69, 9.17) is 9.47 Å². The van der Waals surface area contributed by atoms with Crippen molar-refractivity contribution in [3.8, 4) is 17.4 Å². The van der Waals surface area contributed by atoms with Gasteiger partial charge < -0.3 is 14.8 Å². The van der Waals surface area contributed by atoms with Crippen molar-refractivity contribution in [3.63, 3.8) is 0 Å². The van der Waals surface area contributed by atoms with Gasteiger partial charge in [0.05, 0.1) is 12.0 Å². The lowest BCUT2D eigenvalue weighted by molar-refractivity contribution is -0.385. The normalized spacial score (nSPS) is 9.90. The molecule has 0 aliphatic carbocycles. The zero-order valence-corrected chi connectivity index (χ0v) is 10.9. The lowest BCUT2D eigenvalue weighted by Crippen LogP contribution is -2.03. The summed E-state index contributed by atoms with van der Waals surface area (Å²) in [5.41, 5.74) is -0.321. The standard InChI is InChI=1S/C12H12N4O4/c1-13-11-10(16(17)18)12(15-7-14-11)20-9-5-3-4-8(6-9)19-2/h3-7H,1-2H3,(H,13,14,15). The second kappa shape index (κ2) is 5.83. The Morgan fingerprint density at radius 3 is 2.70 bits per heavy atom. The molecule has 2 rings (SSSR count). The van der Waals surface area contributed by atoms with Gasteiger partial charge in [-0.15, -0.1) is 0 Å². The van der Waals surface area contributed by atoms with Gasteiger partial charge in [0.15, 0.2) is 0 Å². The van der Waals surface area contributed by atoms with Crippen LogP contribution in [0.3, 0.4) is 0 Å². The third-order valence-electron chi connectivity index (χ3n) is 2.46. The number of ether oxygens (including phenoxy) is 2. The highest BCUT2D eigenvalue weighted by Gasteiger charge is 2.24. The maximum atomic E-state index is 11.1. The molecular weight excluding hydrogens is 264 g/mol. The van der Waals surface area contributed by atoms with E-state index in [0.717, 1.165) is 0 Å². The first-order valence-corrected chi connectivity index (χ1v) is 5.64. The molecular formula is C12H12N4O4. The van der Waals surface area contributed by atoms with Gasteiger partial charge in [-0.25, -0.2) is 4.98 Å². The predicted molar refractivity (Wildman–Crippen MR) is 71.3 cm³/mol. The number of hydrogen-bond donors (Lipinski definition) is 1. The molecule has 0 amide bonds. The summed E-state index contributed by atoms with van der Waals surface area (Å²) in [5, 5.41) is 13.7. The van der Waals surface area contributed by atoms with E-state index in [-0.39, 0.29) is 17.4 Å².